The number of carbonyl (C=O) groups is 1. The number of nitrogens with one attached hydrogen (secondary N) is 1. The number of halogens is 3. The monoisotopic (exact) mass is 817 g/mol. The molecule has 0 radical (unpaired) electrons. The van der Waals surface area contributed by atoms with E-state index in [1.807, 2.05) is 49.7 Å². The number of aliphatic hydroxyl groups is 3. The zero-order chi connectivity index (χ0) is 41.9. The molecule has 0 spiro atoms. The number of rotatable bonds is 19. The van der Waals surface area contributed by atoms with Crippen molar-refractivity contribution in [1.29, 1.82) is 0 Å². The van der Waals surface area contributed by atoms with Crippen LogP contribution >= 0.6 is 0 Å². The average molecular weight is 818 g/mol. The molecular formula is C46H54F3N3O7. The van der Waals surface area contributed by atoms with E-state index in [4.69, 9.17) is 9.47 Å². The van der Waals surface area contributed by atoms with Gasteiger partial charge in [0.15, 0.2) is 0 Å². The molecule has 2 aliphatic rings. The minimum Gasteiger partial charge on any atom is -0.493 e. The molecule has 316 valence electrons. The van der Waals surface area contributed by atoms with Crippen molar-refractivity contribution in [2.75, 3.05) is 31.6 Å². The van der Waals surface area contributed by atoms with E-state index in [-0.39, 0.29) is 31.3 Å². The maximum atomic E-state index is 13.0. The Hall–Kier alpha value is -4.95. The second kappa shape index (κ2) is 20.3. The molecule has 1 aliphatic carbocycles. The number of aliphatic carboxylic acids is 1. The molecule has 1 aliphatic heterocycles. The van der Waals surface area contributed by atoms with E-state index in [9.17, 15) is 38.4 Å². The van der Waals surface area contributed by atoms with Gasteiger partial charge in [-0.25, -0.2) is 0 Å². The summed E-state index contributed by atoms with van der Waals surface area (Å²) in [5, 5.41) is 47.6. The van der Waals surface area contributed by atoms with Crippen LogP contribution in [0, 0.1) is 24.7 Å². The van der Waals surface area contributed by atoms with Gasteiger partial charge in [-0.2, -0.15) is 13.2 Å². The van der Waals surface area contributed by atoms with Crippen molar-refractivity contribution < 1.29 is 47.9 Å². The van der Waals surface area contributed by atoms with E-state index < -0.39 is 47.9 Å². The lowest BCUT2D eigenvalue weighted by atomic mass is 9.89. The Balaban J connectivity index is 0.923. The molecule has 4 aromatic rings. The smallest absolute Gasteiger partial charge is 0.416 e. The van der Waals surface area contributed by atoms with Crippen LogP contribution in [0.15, 0.2) is 103 Å². The number of aliphatic hydroxyl groups excluding tert-OH is 3. The fourth-order valence-electron chi connectivity index (χ4n) is 8.05. The highest BCUT2D eigenvalue weighted by molar-refractivity contribution is 5.93. The van der Waals surface area contributed by atoms with Crippen LogP contribution in [0.2, 0.25) is 0 Å². The van der Waals surface area contributed by atoms with E-state index in [0.717, 1.165) is 71.5 Å². The number of benzene rings is 3. The maximum Gasteiger partial charge on any atom is 0.416 e. The van der Waals surface area contributed by atoms with Crippen molar-refractivity contribution in [3.63, 3.8) is 0 Å². The van der Waals surface area contributed by atoms with Crippen LogP contribution in [0.5, 0.6) is 11.5 Å². The van der Waals surface area contributed by atoms with Gasteiger partial charge >= 0.3 is 12.1 Å². The summed E-state index contributed by atoms with van der Waals surface area (Å²) in [6, 6.07) is 19.2. The van der Waals surface area contributed by atoms with Crippen LogP contribution in [-0.2, 0) is 17.5 Å². The largest absolute Gasteiger partial charge is 0.493 e. The topological polar surface area (TPSA) is 145 Å². The first kappa shape index (κ1) is 43.6. The third kappa shape index (κ3) is 12.3. The molecular weight excluding hydrogens is 764 g/mol. The molecule has 6 rings (SSSR count). The molecule has 0 bridgehead atoms. The predicted octanol–water partition coefficient (Wildman–Crippen LogP) is 7.80. The van der Waals surface area contributed by atoms with E-state index in [1.165, 1.54) is 18.2 Å². The van der Waals surface area contributed by atoms with Crippen LogP contribution in [0.25, 0.3) is 10.8 Å². The van der Waals surface area contributed by atoms with Gasteiger partial charge in [0, 0.05) is 66.9 Å². The van der Waals surface area contributed by atoms with Gasteiger partial charge in [-0.1, -0.05) is 54.6 Å². The number of allylic oxidation sites excluding steroid dienone is 2. The normalized spacial score (nSPS) is 22.3. The zero-order valence-electron chi connectivity index (χ0n) is 33.2. The molecule has 1 saturated heterocycles. The highest BCUT2D eigenvalue weighted by atomic mass is 19.4. The number of likely N-dealkylation sites (tertiary alicyclic amines) is 1. The van der Waals surface area contributed by atoms with Gasteiger partial charge < -0.3 is 35.2 Å². The number of ether oxygens (including phenoxy) is 2. The van der Waals surface area contributed by atoms with Gasteiger partial charge in [0.25, 0.3) is 0 Å². The summed E-state index contributed by atoms with van der Waals surface area (Å²) >= 11 is 0. The van der Waals surface area contributed by atoms with Crippen LogP contribution < -0.4 is 14.8 Å². The standard InChI is InChI=1S/C46H54F3N3O7/c1-30-13-14-31(27-52-21-18-35(28-52)51-41-12-5-8-33-26-50-20-17-38(33)41)23-44(30)58-22-19-32(45(56)57)7-3-2-4-11-39-40(43(55)25-42(39)54)16-15-36(53)29-59-37-10-6-9-34(24-37)46(47,48)49/h2,4-6,8-10,12-17,20,23-24,26,32,35-36,39-40,42-43,51,53-55H,3,7,11,18-19,21-22,25,27-29H2,1H3,(H,56,57)/t32?,35-,36-,39-,40-,42+,43-/m1/s1. The number of hydrogen-bond acceptors (Lipinski definition) is 9. The van der Waals surface area contributed by atoms with Crippen molar-refractivity contribution in [2.45, 2.75) is 82.5 Å². The lowest BCUT2D eigenvalue weighted by molar-refractivity contribution is -0.142. The molecule has 2 fully saturated rings. The van der Waals surface area contributed by atoms with Crippen LogP contribution in [0.4, 0.5) is 18.9 Å². The second-order valence-electron chi connectivity index (χ2n) is 15.7. The summed E-state index contributed by atoms with van der Waals surface area (Å²) in [6.07, 6.45) is 6.09. The van der Waals surface area contributed by atoms with E-state index in [1.54, 1.807) is 6.08 Å². The molecule has 2 heterocycles. The van der Waals surface area contributed by atoms with Gasteiger partial charge in [-0.05, 0) is 92.5 Å². The minimum absolute atomic E-state index is 0.0305. The number of carboxylic acid groups (broad SMARTS) is 1. The average Bonchev–Trinajstić information content (AvgIpc) is 3.76. The molecule has 10 nitrogen and oxygen atoms in total. The minimum atomic E-state index is -4.52. The Morgan fingerprint density at radius 2 is 1.86 bits per heavy atom. The van der Waals surface area contributed by atoms with Gasteiger partial charge in [-0.15, -0.1) is 0 Å². The van der Waals surface area contributed by atoms with Crippen molar-refractivity contribution >= 4 is 22.4 Å². The molecule has 1 saturated carbocycles. The Kier molecular flexibility index (Phi) is 15.0. The maximum absolute atomic E-state index is 13.0. The molecule has 59 heavy (non-hydrogen) atoms. The number of carboxylic acids is 1. The summed E-state index contributed by atoms with van der Waals surface area (Å²) < 4.78 is 50.5. The number of aryl methyl sites for hydroxylation is 1. The number of nitrogens with zero attached hydrogens (tertiary/aromatic N) is 2. The summed E-state index contributed by atoms with van der Waals surface area (Å²) in [4.78, 5) is 18.8. The van der Waals surface area contributed by atoms with Gasteiger partial charge in [0.2, 0.25) is 0 Å². The zero-order valence-corrected chi connectivity index (χ0v) is 33.2. The Bertz CT molecular complexity index is 2050. The third-order valence-corrected chi connectivity index (χ3v) is 11.4. The first-order valence-corrected chi connectivity index (χ1v) is 20.3. The third-order valence-electron chi connectivity index (χ3n) is 11.4. The summed E-state index contributed by atoms with van der Waals surface area (Å²) in [5.74, 6) is -1.58. The van der Waals surface area contributed by atoms with Crippen LogP contribution in [0.3, 0.4) is 0 Å². The number of aromatic nitrogens is 1. The lowest BCUT2D eigenvalue weighted by Gasteiger charge is -2.20. The summed E-state index contributed by atoms with van der Waals surface area (Å²) in [7, 11) is 0. The number of alkyl halides is 3. The van der Waals surface area contributed by atoms with Crippen molar-refractivity contribution in [3.8, 4) is 11.5 Å². The Morgan fingerprint density at radius 3 is 2.68 bits per heavy atom. The fraction of sp³-hybridized carbons (Fsp3) is 0.435. The van der Waals surface area contributed by atoms with Crippen LogP contribution in [-0.4, -0.2) is 86.9 Å². The summed E-state index contributed by atoms with van der Waals surface area (Å²) in [5.41, 5.74) is 2.39. The lowest BCUT2D eigenvalue weighted by Crippen LogP contribution is -2.26. The number of fused-ring (bicyclic) bond motifs is 1. The Morgan fingerprint density at radius 1 is 1.03 bits per heavy atom. The molecule has 1 unspecified atom stereocenters. The highest BCUT2D eigenvalue weighted by Gasteiger charge is 2.39. The summed E-state index contributed by atoms with van der Waals surface area (Å²) in [6.45, 7) is 4.63. The van der Waals surface area contributed by atoms with Gasteiger partial charge in [0.1, 0.15) is 24.2 Å². The van der Waals surface area contributed by atoms with Gasteiger partial charge in [-0.3, -0.25) is 14.7 Å². The first-order valence-electron chi connectivity index (χ1n) is 20.3. The molecule has 13 heteroatoms. The number of anilines is 1. The molecule has 3 aromatic carbocycles. The van der Waals surface area contributed by atoms with Crippen molar-refractivity contribution in [3.05, 3.63) is 120 Å². The highest BCUT2D eigenvalue weighted by Crippen LogP contribution is 2.37. The van der Waals surface area contributed by atoms with Gasteiger partial charge in [0.05, 0.1) is 30.3 Å². The van der Waals surface area contributed by atoms with E-state index in [0.29, 0.717) is 31.7 Å². The SMILES string of the molecule is Cc1ccc(CN2CC[C@@H](Nc3cccc4cnccc34)C2)cc1OCCC(CCC=CC[C@@H]1[C@@H](C=C[C@@H](O)COc2cccc(C(F)(F)F)c2)[C@H](O)C[C@@H]1O)C(=O)O. The quantitative estimate of drug-likeness (QED) is 0.0595. The molecule has 7 atom stereocenters. The molecule has 5 N–H and O–H groups in total. The number of hydrogen-bond donors (Lipinski definition) is 5. The molecule has 1 aromatic heterocycles. The Labute approximate surface area is 343 Å². The molecule has 0 amide bonds. The first-order chi connectivity index (χ1) is 28.3. The van der Waals surface area contributed by atoms with Crippen molar-refractivity contribution in [2.24, 2.45) is 17.8 Å². The van der Waals surface area contributed by atoms with Crippen LogP contribution in [0.1, 0.15) is 55.2 Å². The fourth-order valence-corrected chi connectivity index (χ4v) is 8.05. The van der Waals surface area contributed by atoms with Crippen molar-refractivity contribution in [1.82, 2.24) is 9.88 Å². The second-order valence-corrected chi connectivity index (χ2v) is 15.7. The predicted molar refractivity (Wildman–Crippen MR) is 220 cm³/mol. The van der Waals surface area contributed by atoms with E-state index in [2.05, 4.69) is 39.5 Å². The van der Waals surface area contributed by atoms with E-state index >= 15 is 0 Å². The number of pyridine rings is 1.